The summed E-state index contributed by atoms with van der Waals surface area (Å²) in [7, 11) is 0. The Bertz CT molecular complexity index is 253. The zero-order chi connectivity index (χ0) is 11.4. The maximum Gasteiger partial charge on any atom is 0.237 e. The van der Waals surface area contributed by atoms with E-state index in [1.165, 1.54) is 0 Å². The third-order valence-corrected chi connectivity index (χ3v) is 2.41. The minimum Gasteiger partial charge on any atom is -0.391 e. The molecule has 2 amide bonds. The highest BCUT2D eigenvalue weighted by Crippen LogP contribution is 2.32. The van der Waals surface area contributed by atoms with Crippen LogP contribution in [0.1, 0.15) is 19.3 Å². The van der Waals surface area contributed by atoms with Crippen molar-refractivity contribution in [3.63, 3.8) is 0 Å². The Kier molecular flexibility index (Phi) is 4.05. The molecule has 0 aromatic rings. The predicted molar refractivity (Wildman–Crippen MR) is 53.5 cm³/mol. The number of carbonyl (C=O) groups is 2. The fourth-order valence-electron chi connectivity index (χ4n) is 1.29. The first-order valence-corrected chi connectivity index (χ1v) is 5.00. The number of aliphatic hydroxyl groups is 1. The van der Waals surface area contributed by atoms with Gasteiger partial charge in [-0.25, -0.2) is 0 Å². The summed E-state index contributed by atoms with van der Waals surface area (Å²) < 4.78 is 0. The molecule has 2 atom stereocenters. The number of hydrogen-bond donors (Lipinski definition) is 4. The van der Waals surface area contributed by atoms with Crippen molar-refractivity contribution in [3.05, 3.63) is 0 Å². The Morgan fingerprint density at radius 2 is 2.07 bits per heavy atom. The molecule has 1 saturated carbocycles. The zero-order valence-electron chi connectivity index (χ0n) is 8.48. The van der Waals surface area contributed by atoms with E-state index in [0.29, 0.717) is 5.92 Å². The highest BCUT2D eigenvalue weighted by Gasteiger charge is 2.30. The molecule has 0 aliphatic heterocycles. The lowest BCUT2D eigenvalue weighted by atomic mass is 10.2. The topological polar surface area (TPSA) is 118 Å². The second-order valence-electron chi connectivity index (χ2n) is 3.93. The maximum absolute atomic E-state index is 11.3. The lowest BCUT2D eigenvalue weighted by Gasteiger charge is -2.13. The van der Waals surface area contributed by atoms with E-state index >= 15 is 0 Å². The number of rotatable bonds is 6. The summed E-state index contributed by atoms with van der Waals surface area (Å²) in [5.41, 5.74) is 10.3. The monoisotopic (exact) mass is 215 g/mol. The largest absolute Gasteiger partial charge is 0.391 e. The van der Waals surface area contributed by atoms with Gasteiger partial charge in [-0.3, -0.25) is 9.59 Å². The van der Waals surface area contributed by atoms with Crippen LogP contribution in [0, 0.1) is 5.92 Å². The van der Waals surface area contributed by atoms with E-state index < -0.39 is 24.0 Å². The lowest BCUT2D eigenvalue weighted by molar-refractivity contribution is -0.126. The Morgan fingerprint density at radius 3 is 2.53 bits per heavy atom. The first-order valence-electron chi connectivity index (χ1n) is 5.00. The van der Waals surface area contributed by atoms with Crippen molar-refractivity contribution in [2.45, 2.75) is 31.4 Å². The molecule has 1 rings (SSSR count). The quantitative estimate of drug-likeness (QED) is 0.413. The van der Waals surface area contributed by atoms with Gasteiger partial charge in [0, 0.05) is 6.54 Å². The molecule has 6 N–H and O–H groups in total. The van der Waals surface area contributed by atoms with Crippen LogP contribution in [0.15, 0.2) is 0 Å². The average Bonchev–Trinajstić information content (AvgIpc) is 2.95. The summed E-state index contributed by atoms with van der Waals surface area (Å²) in [5.74, 6) is -0.758. The molecule has 0 aromatic carbocycles. The summed E-state index contributed by atoms with van der Waals surface area (Å²) in [6.45, 7) is 0.190. The van der Waals surface area contributed by atoms with Crippen LogP contribution in [0.2, 0.25) is 0 Å². The number of amides is 2. The van der Waals surface area contributed by atoms with Crippen LogP contribution >= 0.6 is 0 Å². The Morgan fingerprint density at radius 1 is 1.47 bits per heavy atom. The van der Waals surface area contributed by atoms with E-state index in [9.17, 15) is 14.7 Å². The van der Waals surface area contributed by atoms with Gasteiger partial charge in [0.05, 0.1) is 18.6 Å². The highest BCUT2D eigenvalue weighted by molar-refractivity contribution is 5.87. The smallest absolute Gasteiger partial charge is 0.237 e. The van der Waals surface area contributed by atoms with E-state index in [4.69, 9.17) is 11.5 Å². The standard InChI is InChI=1S/C9H17N3O3/c10-6(3-8(11)14)9(15)12-4-7(13)5-1-2-5/h5-7,13H,1-4,10H2,(H2,11,14)(H,12,15). The third kappa shape index (κ3) is 4.26. The van der Waals surface area contributed by atoms with E-state index in [1.807, 2.05) is 0 Å². The van der Waals surface area contributed by atoms with Gasteiger partial charge >= 0.3 is 0 Å². The van der Waals surface area contributed by atoms with Gasteiger partial charge in [-0.1, -0.05) is 0 Å². The molecule has 0 bridgehead atoms. The Hall–Kier alpha value is -1.14. The van der Waals surface area contributed by atoms with Crippen LogP contribution < -0.4 is 16.8 Å². The number of aliphatic hydroxyl groups excluding tert-OH is 1. The minimum absolute atomic E-state index is 0.175. The molecular weight excluding hydrogens is 198 g/mol. The molecule has 1 aliphatic carbocycles. The molecule has 0 heterocycles. The fraction of sp³-hybridized carbons (Fsp3) is 0.778. The van der Waals surface area contributed by atoms with Crippen molar-refractivity contribution in [1.82, 2.24) is 5.32 Å². The average molecular weight is 215 g/mol. The zero-order valence-corrected chi connectivity index (χ0v) is 8.48. The highest BCUT2D eigenvalue weighted by atomic mass is 16.3. The van der Waals surface area contributed by atoms with Gasteiger partial charge in [0.1, 0.15) is 0 Å². The molecule has 15 heavy (non-hydrogen) atoms. The van der Waals surface area contributed by atoms with Crippen LogP contribution in [-0.2, 0) is 9.59 Å². The number of carbonyl (C=O) groups excluding carboxylic acids is 2. The molecule has 0 saturated heterocycles. The van der Waals surface area contributed by atoms with E-state index in [0.717, 1.165) is 12.8 Å². The molecule has 1 aliphatic rings. The minimum atomic E-state index is -0.922. The van der Waals surface area contributed by atoms with Crippen molar-refractivity contribution < 1.29 is 14.7 Å². The van der Waals surface area contributed by atoms with Gasteiger partial charge in [0.2, 0.25) is 11.8 Å². The molecular formula is C9H17N3O3. The summed E-state index contributed by atoms with van der Waals surface area (Å²) in [6, 6.07) is -0.922. The summed E-state index contributed by atoms with van der Waals surface area (Å²) >= 11 is 0. The second-order valence-corrected chi connectivity index (χ2v) is 3.93. The lowest BCUT2D eigenvalue weighted by Crippen LogP contribution is -2.45. The molecule has 6 nitrogen and oxygen atoms in total. The van der Waals surface area contributed by atoms with Gasteiger partial charge in [0.15, 0.2) is 0 Å². The fourth-order valence-corrected chi connectivity index (χ4v) is 1.29. The van der Waals surface area contributed by atoms with Gasteiger partial charge in [-0.05, 0) is 18.8 Å². The Balaban J connectivity index is 2.19. The van der Waals surface area contributed by atoms with Crippen LogP contribution in [0.5, 0.6) is 0 Å². The summed E-state index contributed by atoms with van der Waals surface area (Å²) in [4.78, 5) is 21.8. The number of hydrogen-bond acceptors (Lipinski definition) is 4. The van der Waals surface area contributed by atoms with Crippen LogP contribution in [0.3, 0.4) is 0 Å². The third-order valence-electron chi connectivity index (χ3n) is 2.41. The van der Waals surface area contributed by atoms with Crippen molar-refractivity contribution >= 4 is 11.8 Å². The number of nitrogens with one attached hydrogen (secondary N) is 1. The second kappa shape index (κ2) is 5.09. The number of primary amides is 1. The molecule has 6 heteroatoms. The normalized spacial score (nSPS) is 19.3. The molecule has 0 aromatic heterocycles. The number of nitrogens with two attached hydrogens (primary N) is 2. The van der Waals surface area contributed by atoms with Gasteiger partial charge in [0.25, 0.3) is 0 Å². The van der Waals surface area contributed by atoms with Gasteiger partial charge < -0.3 is 21.9 Å². The van der Waals surface area contributed by atoms with Crippen LogP contribution in [0.4, 0.5) is 0 Å². The van der Waals surface area contributed by atoms with Gasteiger partial charge in [-0.2, -0.15) is 0 Å². The predicted octanol–water partition coefficient (Wildman–Crippen LogP) is -1.92. The summed E-state index contributed by atoms with van der Waals surface area (Å²) in [6.07, 6.45) is 1.33. The van der Waals surface area contributed by atoms with Crippen molar-refractivity contribution in [1.29, 1.82) is 0 Å². The first kappa shape index (κ1) is 11.9. The Labute approximate surface area is 88.0 Å². The van der Waals surface area contributed by atoms with Crippen LogP contribution in [0.25, 0.3) is 0 Å². The van der Waals surface area contributed by atoms with E-state index in [1.54, 1.807) is 0 Å². The van der Waals surface area contributed by atoms with E-state index in [2.05, 4.69) is 5.32 Å². The SMILES string of the molecule is NC(=O)CC(N)C(=O)NCC(O)C1CC1. The van der Waals surface area contributed by atoms with Crippen molar-refractivity contribution in [2.24, 2.45) is 17.4 Å². The molecule has 0 radical (unpaired) electrons. The van der Waals surface area contributed by atoms with Gasteiger partial charge in [-0.15, -0.1) is 0 Å². The molecule has 0 spiro atoms. The molecule has 2 unspecified atom stereocenters. The van der Waals surface area contributed by atoms with Crippen molar-refractivity contribution in [2.75, 3.05) is 6.54 Å². The maximum atomic E-state index is 11.3. The summed E-state index contributed by atoms with van der Waals surface area (Å²) in [5, 5.41) is 11.9. The van der Waals surface area contributed by atoms with E-state index in [-0.39, 0.29) is 13.0 Å². The molecule has 1 fully saturated rings. The van der Waals surface area contributed by atoms with Crippen LogP contribution in [-0.4, -0.2) is 35.6 Å². The first-order chi connectivity index (χ1) is 7.00. The van der Waals surface area contributed by atoms with Crippen molar-refractivity contribution in [3.8, 4) is 0 Å². The molecule has 86 valence electrons.